The van der Waals surface area contributed by atoms with Crippen molar-refractivity contribution in [1.82, 2.24) is 5.32 Å². The number of Topliss-reactive ketones (excluding diaryl/α,β-unsaturated/α-hetero) is 1. The standard InChI is InChI=1S/C13H19NO3/c15-10-7-4-8-11(16)12(10)13(17)14-9-5-2-1-3-6-9/h9,15H,1-8H2,(H,14,17). The molecule has 0 unspecified atom stereocenters. The van der Waals surface area contributed by atoms with E-state index in [1.165, 1.54) is 6.42 Å². The summed E-state index contributed by atoms with van der Waals surface area (Å²) in [7, 11) is 0. The maximum Gasteiger partial charge on any atom is 0.258 e. The van der Waals surface area contributed by atoms with E-state index in [1.807, 2.05) is 0 Å². The van der Waals surface area contributed by atoms with Crippen LogP contribution in [-0.4, -0.2) is 22.8 Å². The number of aliphatic hydroxyl groups excluding tert-OH is 1. The first-order valence-corrected chi connectivity index (χ1v) is 6.44. The van der Waals surface area contributed by atoms with Crippen LogP contribution in [0.25, 0.3) is 0 Å². The van der Waals surface area contributed by atoms with Crippen LogP contribution in [-0.2, 0) is 9.59 Å². The zero-order chi connectivity index (χ0) is 12.3. The lowest BCUT2D eigenvalue weighted by Gasteiger charge is -2.24. The molecule has 0 radical (unpaired) electrons. The van der Waals surface area contributed by atoms with Crippen LogP contribution in [0.1, 0.15) is 51.4 Å². The minimum atomic E-state index is -0.376. The average molecular weight is 237 g/mol. The van der Waals surface area contributed by atoms with E-state index < -0.39 is 0 Å². The molecule has 0 bridgehead atoms. The van der Waals surface area contributed by atoms with Crippen molar-refractivity contribution in [2.45, 2.75) is 57.4 Å². The Kier molecular flexibility index (Phi) is 3.82. The molecule has 2 N–H and O–H groups in total. The van der Waals surface area contributed by atoms with Gasteiger partial charge in [0.25, 0.3) is 5.91 Å². The first-order valence-electron chi connectivity index (χ1n) is 6.44. The highest BCUT2D eigenvalue weighted by atomic mass is 16.3. The Morgan fingerprint density at radius 2 is 1.82 bits per heavy atom. The van der Waals surface area contributed by atoms with E-state index in [0.29, 0.717) is 19.3 Å². The molecule has 1 amide bonds. The lowest BCUT2D eigenvalue weighted by atomic mass is 9.93. The number of ketones is 1. The highest BCUT2D eigenvalue weighted by Crippen LogP contribution is 2.22. The maximum atomic E-state index is 11.9. The molecule has 4 nitrogen and oxygen atoms in total. The lowest BCUT2D eigenvalue weighted by molar-refractivity contribution is -0.123. The Labute approximate surface area is 101 Å². The molecule has 0 heterocycles. The second-order valence-electron chi connectivity index (χ2n) is 4.91. The number of carbonyl (C=O) groups is 2. The fourth-order valence-corrected chi connectivity index (χ4v) is 2.59. The molecule has 0 saturated heterocycles. The second kappa shape index (κ2) is 5.34. The largest absolute Gasteiger partial charge is 0.511 e. The first kappa shape index (κ1) is 12.1. The van der Waals surface area contributed by atoms with Crippen molar-refractivity contribution in [3.05, 3.63) is 11.3 Å². The first-order chi connectivity index (χ1) is 8.18. The zero-order valence-electron chi connectivity index (χ0n) is 10.00. The number of hydrogen-bond acceptors (Lipinski definition) is 3. The Morgan fingerprint density at radius 3 is 2.47 bits per heavy atom. The number of nitrogens with one attached hydrogen (secondary N) is 1. The summed E-state index contributed by atoms with van der Waals surface area (Å²) in [5.41, 5.74) is 0.00169. The topological polar surface area (TPSA) is 66.4 Å². The number of amides is 1. The van der Waals surface area contributed by atoms with Gasteiger partial charge in [-0.25, -0.2) is 0 Å². The van der Waals surface area contributed by atoms with Gasteiger partial charge < -0.3 is 10.4 Å². The van der Waals surface area contributed by atoms with Crippen LogP contribution < -0.4 is 5.32 Å². The third kappa shape index (κ3) is 2.87. The van der Waals surface area contributed by atoms with Crippen molar-refractivity contribution >= 4 is 11.7 Å². The Hall–Kier alpha value is -1.32. The quantitative estimate of drug-likeness (QED) is 0.722. The molecule has 1 saturated carbocycles. The minimum absolute atomic E-state index is 0.00169. The second-order valence-corrected chi connectivity index (χ2v) is 4.91. The van der Waals surface area contributed by atoms with E-state index in [-0.39, 0.29) is 29.1 Å². The summed E-state index contributed by atoms with van der Waals surface area (Å²) < 4.78 is 0. The number of hydrogen-bond donors (Lipinski definition) is 2. The van der Waals surface area contributed by atoms with E-state index in [2.05, 4.69) is 5.32 Å². The summed E-state index contributed by atoms with van der Waals surface area (Å²) in [6.07, 6.45) is 6.90. The van der Waals surface area contributed by atoms with Crippen molar-refractivity contribution in [3.63, 3.8) is 0 Å². The Balaban J connectivity index is 2.01. The SMILES string of the molecule is O=C1CCCC(O)=C1C(=O)NC1CCCCC1. The Morgan fingerprint density at radius 1 is 1.12 bits per heavy atom. The molecule has 0 aromatic rings. The molecule has 0 aromatic heterocycles. The molecule has 0 aliphatic heterocycles. The number of aliphatic hydroxyl groups is 1. The predicted octanol–water partition coefficient (Wildman–Crippen LogP) is 2.00. The van der Waals surface area contributed by atoms with Gasteiger partial charge in [0.05, 0.1) is 0 Å². The number of allylic oxidation sites excluding steroid dienone is 1. The molecule has 0 aromatic carbocycles. The lowest BCUT2D eigenvalue weighted by Crippen LogP contribution is -2.39. The third-order valence-electron chi connectivity index (χ3n) is 3.55. The number of rotatable bonds is 2. The van der Waals surface area contributed by atoms with Crippen LogP contribution in [0.15, 0.2) is 11.3 Å². The summed E-state index contributed by atoms with van der Waals surface area (Å²) >= 11 is 0. The summed E-state index contributed by atoms with van der Waals surface area (Å²) in [6.45, 7) is 0. The monoisotopic (exact) mass is 237 g/mol. The van der Waals surface area contributed by atoms with Gasteiger partial charge in [-0.05, 0) is 19.3 Å². The Bertz CT molecular complexity index is 354. The fraction of sp³-hybridized carbons (Fsp3) is 0.692. The van der Waals surface area contributed by atoms with E-state index in [4.69, 9.17) is 0 Å². The summed E-state index contributed by atoms with van der Waals surface area (Å²) in [6, 6.07) is 0.172. The molecule has 0 spiro atoms. The van der Waals surface area contributed by atoms with Crippen LogP contribution in [0.5, 0.6) is 0 Å². The van der Waals surface area contributed by atoms with Crippen molar-refractivity contribution in [3.8, 4) is 0 Å². The summed E-state index contributed by atoms with van der Waals surface area (Å²) in [5, 5.41) is 12.5. The van der Waals surface area contributed by atoms with Gasteiger partial charge >= 0.3 is 0 Å². The maximum absolute atomic E-state index is 11.9. The molecule has 2 rings (SSSR count). The molecule has 2 aliphatic rings. The van der Waals surface area contributed by atoms with Gasteiger partial charge in [-0.15, -0.1) is 0 Å². The molecule has 94 valence electrons. The van der Waals surface area contributed by atoms with Gasteiger partial charge in [0.1, 0.15) is 11.3 Å². The van der Waals surface area contributed by atoms with E-state index in [9.17, 15) is 14.7 Å². The third-order valence-corrected chi connectivity index (χ3v) is 3.55. The van der Waals surface area contributed by atoms with Crippen LogP contribution in [0.4, 0.5) is 0 Å². The summed E-state index contributed by atoms with van der Waals surface area (Å²) in [4.78, 5) is 23.5. The highest BCUT2D eigenvalue weighted by Gasteiger charge is 2.28. The van der Waals surface area contributed by atoms with E-state index >= 15 is 0 Å². The molecular formula is C13H19NO3. The van der Waals surface area contributed by atoms with Gasteiger partial charge in [0.15, 0.2) is 5.78 Å². The van der Waals surface area contributed by atoms with Crippen molar-refractivity contribution < 1.29 is 14.7 Å². The molecule has 1 fully saturated rings. The zero-order valence-corrected chi connectivity index (χ0v) is 10.00. The predicted molar refractivity (Wildman–Crippen MR) is 63.5 cm³/mol. The number of carbonyl (C=O) groups excluding carboxylic acids is 2. The fourth-order valence-electron chi connectivity index (χ4n) is 2.59. The van der Waals surface area contributed by atoms with E-state index in [0.717, 1.165) is 25.7 Å². The molecule has 17 heavy (non-hydrogen) atoms. The molecule has 4 heteroatoms. The molecule has 2 aliphatic carbocycles. The van der Waals surface area contributed by atoms with E-state index in [1.54, 1.807) is 0 Å². The van der Waals surface area contributed by atoms with Gasteiger partial charge in [0, 0.05) is 18.9 Å². The molecular weight excluding hydrogens is 218 g/mol. The van der Waals surface area contributed by atoms with Crippen molar-refractivity contribution in [2.24, 2.45) is 0 Å². The minimum Gasteiger partial charge on any atom is -0.511 e. The van der Waals surface area contributed by atoms with Crippen LogP contribution in [0.2, 0.25) is 0 Å². The summed E-state index contributed by atoms with van der Waals surface area (Å²) in [5.74, 6) is -0.629. The normalized spacial score (nSPS) is 22.7. The highest BCUT2D eigenvalue weighted by molar-refractivity contribution is 6.20. The van der Waals surface area contributed by atoms with Crippen molar-refractivity contribution in [2.75, 3.05) is 0 Å². The van der Waals surface area contributed by atoms with Gasteiger partial charge in [-0.3, -0.25) is 9.59 Å². The van der Waals surface area contributed by atoms with Crippen LogP contribution in [0, 0.1) is 0 Å². The molecule has 0 atom stereocenters. The van der Waals surface area contributed by atoms with Gasteiger partial charge in [-0.1, -0.05) is 19.3 Å². The van der Waals surface area contributed by atoms with Crippen LogP contribution in [0.3, 0.4) is 0 Å². The van der Waals surface area contributed by atoms with Gasteiger partial charge in [0.2, 0.25) is 0 Å². The average Bonchev–Trinajstić information content (AvgIpc) is 2.30. The van der Waals surface area contributed by atoms with Crippen LogP contribution >= 0.6 is 0 Å². The van der Waals surface area contributed by atoms with Crippen molar-refractivity contribution in [1.29, 1.82) is 0 Å². The van der Waals surface area contributed by atoms with Gasteiger partial charge in [-0.2, -0.15) is 0 Å². The smallest absolute Gasteiger partial charge is 0.258 e.